The monoisotopic (exact) mass is 281 g/mol. The molecule has 0 saturated carbocycles. The fourth-order valence-corrected chi connectivity index (χ4v) is 2.60. The van der Waals surface area contributed by atoms with Crippen LogP contribution in [0.2, 0.25) is 0 Å². The number of nitrogens with two attached hydrogens (primary N) is 1. The number of rotatable bonds is 4. The van der Waals surface area contributed by atoms with Gasteiger partial charge in [0.25, 0.3) is 0 Å². The first-order valence-electron chi connectivity index (χ1n) is 6.82. The summed E-state index contributed by atoms with van der Waals surface area (Å²) in [5.74, 6) is 5.50. The molecule has 106 valence electrons. The second-order valence-corrected chi connectivity index (χ2v) is 4.97. The topological polar surface area (TPSA) is 50.9 Å². The minimum absolute atomic E-state index is 0.0975. The molecule has 3 aromatic rings. The first kappa shape index (κ1) is 13.7. The van der Waals surface area contributed by atoms with Gasteiger partial charge >= 0.3 is 0 Å². The smallest absolute Gasteiger partial charge is 0.131 e. The average molecular weight is 281 g/mol. The van der Waals surface area contributed by atoms with Crippen molar-refractivity contribution in [3.05, 3.63) is 77.9 Å². The van der Waals surface area contributed by atoms with Crippen molar-refractivity contribution in [2.45, 2.75) is 12.5 Å². The zero-order valence-corrected chi connectivity index (χ0v) is 11.5. The zero-order chi connectivity index (χ0) is 14.7. The molecule has 0 saturated heterocycles. The molecular formula is C17H16FN3. The third-order valence-electron chi connectivity index (χ3n) is 3.64. The Balaban J connectivity index is 2.03. The van der Waals surface area contributed by atoms with Gasteiger partial charge in [-0.25, -0.2) is 4.39 Å². The van der Waals surface area contributed by atoms with Gasteiger partial charge in [0.05, 0.1) is 6.04 Å². The minimum atomic E-state index is -0.216. The lowest BCUT2D eigenvalue weighted by Crippen LogP contribution is -2.29. The van der Waals surface area contributed by atoms with Gasteiger partial charge in [0, 0.05) is 17.8 Å². The number of hydrazine groups is 1. The standard InChI is InChI=1S/C17H16FN3/c18-16-8-7-15(13-5-1-2-6-14(13)16)17(21-19)10-12-4-3-9-20-11-12/h1-9,11,17,21H,10,19H2. The Hall–Kier alpha value is -2.30. The lowest BCUT2D eigenvalue weighted by atomic mass is 9.95. The number of hydrogen-bond donors (Lipinski definition) is 2. The second-order valence-electron chi connectivity index (χ2n) is 4.97. The molecule has 0 aliphatic rings. The minimum Gasteiger partial charge on any atom is -0.271 e. The van der Waals surface area contributed by atoms with E-state index in [1.165, 1.54) is 6.07 Å². The van der Waals surface area contributed by atoms with Crippen molar-refractivity contribution < 1.29 is 4.39 Å². The molecule has 1 aromatic heterocycles. The van der Waals surface area contributed by atoms with E-state index >= 15 is 0 Å². The van der Waals surface area contributed by atoms with E-state index < -0.39 is 0 Å². The van der Waals surface area contributed by atoms with Crippen LogP contribution in [0.4, 0.5) is 4.39 Å². The summed E-state index contributed by atoms with van der Waals surface area (Å²) in [5.41, 5.74) is 4.89. The number of hydrogen-bond acceptors (Lipinski definition) is 3. The van der Waals surface area contributed by atoms with Crippen LogP contribution in [0.1, 0.15) is 17.2 Å². The number of aromatic nitrogens is 1. The quantitative estimate of drug-likeness (QED) is 0.570. The van der Waals surface area contributed by atoms with Crippen molar-refractivity contribution in [2.75, 3.05) is 0 Å². The van der Waals surface area contributed by atoms with Gasteiger partial charge in [-0.2, -0.15) is 0 Å². The van der Waals surface area contributed by atoms with E-state index in [2.05, 4.69) is 10.4 Å². The molecule has 0 spiro atoms. The molecule has 3 nitrogen and oxygen atoms in total. The molecule has 0 aliphatic carbocycles. The Kier molecular flexibility index (Phi) is 3.90. The maximum atomic E-state index is 13.9. The van der Waals surface area contributed by atoms with Crippen LogP contribution in [0, 0.1) is 5.82 Å². The zero-order valence-electron chi connectivity index (χ0n) is 11.5. The summed E-state index contributed by atoms with van der Waals surface area (Å²) in [6.07, 6.45) is 4.25. The maximum Gasteiger partial charge on any atom is 0.131 e. The van der Waals surface area contributed by atoms with Gasteiger partial charge in [0.15, 0.2) is 0 Å². The third kappa shape index (κ3) is 2.77. The predicted octanol–water partition coefficient (Wildman–Crippen LogP) is 3.12. The van der Waals surface area contributed by atoms with Gasteiger partial charge in [-0.3, -0.25) is 16.3 Å². The lowest BCUT2D eigenvalue weighted by molar-refractivity contribution is 0.553. The van der Waals surface area contributed by atoms with Crippen LogP contribution in [-0.4, -0.2) is 4.98 Å². The highest BCUT2D eigenvalue weighted by Crippen LogP contribution is 2.28. The van der Waals surface area contributed by atoms with Crippen LogP contribution in [0.3, 0.4) is 0 Å². The second kappa shape index (κ2) is 5.99. The van der Waals surface area contributed by atoms with E-state index in [1.54, 1.807) is 18.3 Å². The first-order valence-corrected chi connectivity index (χ1v) is 6.82. The van der Waals surface area contributed by atoms with Crippen LogP contribution >= 0.6 is 0 Å². The maximum absolute atomic E-state index is 13.9. The van der Waals surface area contributed by atoms with E-state index in [1.807, 2.05) is 36.5 Å². The molecule has 3 N–H and O–H groups in total. The summed E-state index contributed by atoms with van der Waals surface area (Å²) in [6, 6.07) is 14.5. The predicted molar refractivity (Wildman–Crippen MR) is 81.9 cm³/mol. The van der Waals surface area contributed by atoms with Crippen molar-refractivity contribution in [2.24, 2.45) is 5.84 Å². The highest BCUT2D eigenvalue weighted by atomic mass is 19.1. The summed E-state index contributed by atoms with van der Waals surface area (Å²) in [5, 5.41) is 1.49. The number of halogens is 1. The first-order chi connectivity index (χ1) is 10.3. The van der Waals surface area contributed by atoms with Crippen LogP contribution in [0.5, 0.6) is 0 Å². The molecule has 1 unspecified atom stereocenters. The van der Waals surface area contributed by atoms with E-state index in [-0.39, 0.29) is 11.9 Å². The Morgan fingerprint density at radius 1 is 1.05 bits per heavy atom. The van der Waals surface area contributed by atoms with E-state index in [0.29, 0.717) is 11.8 Å². The molecule has 0 bridgehead atoms. The van der Waals surface area contributed by atoms with Gasteiger partial charge < -0.3 is 0 Å². The van der Waals surface area contributed by atoms with Gasteiger partial charge in [0.2, 0.25) is 0 Å². The highest BCUT2D eigenvalue weighted by Gasteiger charge is 2.15. The molecule has 0 fully saturated rings. The molecule has 4 heteroatoms. The summed E-state index contributed by atoms with van der Waals surface area (Å²) in [7, 11) is 0. The van der Waals surface area contributed by atoms with Crippen LogP contribution in [-0.2, 0) is 6.42 Å². The molecule has 1 atom stereocenters. The largest absolute Gasteiger partial charge is 0.271 e. The summed E-state index contributed by atoms with van der Waals surface area (Å²) in [4.78, 5) is 4.11. The third-order valence-corrected chi connectivity index (χ3v) is 3.64. The van der Waals surface area contributed by atoms with E-state index in [9.17, 15) is 4.39 Å². The van der Waals surface area contributed by atoms with Gasteiger partial charge in [-0.05, 0) is 35.1 Å². The normalized spacial score (nSPS) is 12.5. The van der Waals surface area contributed by atoms with Crippen molar-refractivity contribution in [1.82, 2.24) is 10.4 Å². The van der Waals surface area contributed by atoms with Crippen molar-refractivity contribution in [3.63, 3.8) is 0 Å². The molecule has 0 radical (unpaired) electrons. The molecular weight excluding hydrogens is 265 g/mol. The molecule has 3 rings (SSSR count). The summed E-state index contributed by atoms with van der Waals surface area (Å²) in [6.45, 7) is 0. The fourth-order valence-electron chi connectivity index (χ4n) is 2.60. The molecule has 1 heterocycles. The van der Waals surface area contributed by atoms with Crippen LogP contribution < -0.4 is 11.3 Å². The van der Waals surface area contributed by atoms with E-state index in [4.69, 9.17) is 5.84 Å². The SMILES string of the molecule is NNC(Cc1cccnc1)c1ccc(F)c2ccccc12. The van der Waals surface area contributed by atoms with Crippen LogP contribution in [0.25, 0.3) is 10.8 Å². The number of benzene rings is 2. The highest BCUT2D eigenvalue weighted by molar-refractivity contribution is 5.86. The van der Waals surface area contributed by atoms with Crippen LogP contribution in [0.15, 0.2) is 60.9 Å². The Morgan fingerprint density at radius 2 is 1.86 bits per heavy atom. The number of pyridine rings is 1. The molecule has 2 aromatic carbocycles. The van der Waals surface area contributed by atoms with Gasteiger partial charge in [0.1, 0.15) is 5.82 Å². The Morgan fingerprint density at radius 3 is 2.57 bits per heavy atom. The molecule has 21 heavy (non-hydrogen) atoms. The van der Waals surface area contributed by atoms with Gasteiger partial charge in [-0.1, -0.05) is 36.4 Å². The average Bonchev–Trinajstić information content (AvgIpc) is 2.55. The molecule has 0 aliphatic heterocycles. The fraction of sp³-hybridized carbons (Fsp3) is 0.118. The Bertz CT molecular complexity index is 743. The van der Waals surface area contributed by atoms with Crippen molar-refractivity contribution in [1.29, 1.82) is 0 Å². The Labute approximate surface area is 122 Å². The van der Waals surface area contributed by atoms with Crippen molar-refractivity contribution >= 4 is 10.8 Å². The van der Waals surface area contributed by atoms with Gasteiger partial charge in [-0.15, -0.1) is 0 Å². The molecule has 0 amide bonds. The number of nitrogens with zero attached hydrogens (tertiary/aromatic N) is 1. The number of nitrogens with one attached hydrogen (secondary N) is 1. The summed E-state index contributed by atoms with van der Waals surface area (Å²) >= 11 is 0. The van der Waals surface area contributed by atoms with E-state index in [0.717, 1.165) is 16.5 Å². The number of fused-ring (bicyclic) bond motifs is 1. The summed E-state index contributed by atoms with van der Waals surface area (Å²) < 4.78 is 13.9. The van der Waals surface area contributed by atoms with Crippen molar-refractivity contribution in [3.8, 4) is 0 Å². The lowest BCUT2D eigenvalue weighted by Gasteiger charge is -2.18.